The zero-order valence-corrected chi connectivity index (χ0v) is 12.5. The van der Waals surface area contributed by atoms with Gasteiger partial charge in [-0.1, -0.05) is 0 Å². The standard InChI is InChI=1S/C17H25NO3/c19-15(13-1-2-14(6-13)16(20)21)18-17-7-10-3-11(8-17)5-12(4-10)9-17/h10-14H,1-9H2,(H,18,19)(H,20,21). The maximum absolute atomic E-state index is 12.6. The van der Waals surface area contributed by atoms with Crippen molar-refractivity contribution in [2.24, 2.45) is 29.6 Å². The summed E-state index contributed by atoms with van der Waals surface area (Å²) >= 11 is 0. The lowest BCUT2D eigenvalue weighted by Gasteiger charge is -2.57. The van der Waals surface area contributed by atoms with E-state index < -0.39 is 5.97 Å². The Morgan fingerprint density at radius 3 is 1.86 bits per heavy atom. The minimum absolute atomic E-state index is 0.0626. The van der Waals surface area contributed by atoms with Crippen molar-refractivity contribution < 1.29 is 14.7 Å². The summed E-state index contributed by atoms with van der Waals surface area (Å²) < 4.78 is 0. The lowest BCUT2D eigenvalue weighted by molar-refractivity contribution is -0.141. The van der Waals surface area contributed by atoms with E-state index in [9.17, 15) is 9.59 Å². The van der Waals surface area contributed by atoms with Crippen LogP contribution >= 0.6 is 0 Å². The number of nitrogens with one attached hydrogen (secondary N) is 1. The minimum atomic E-state index is -0.736. The van der Waals surface area contributed by atoms with Crippen molar-refractivity contribution in [2.45, 2.75) is 63.3 Å². The van der Waals surface area contributed by atoms with E-state index in [1.165, 1.54) is 38.5 Å². The zero-order chi connectivity index (χ0) is 14.6. The number of carbonyl (C=O) groups is 2. The van der Waals surface area contributed by atoms with Crippen molar-refractivity contribution in [1.82, 2.24) is 5.32 Å². The number of hydrogen-bond acceptors (Lipinski definition) is 2. The van der Waals surface area contributed by atoms with Crippen molar-refractivity contribution >= 4 is 11.9 Å². The Labute approximate surface area is 125 Å². The molecule has 2 N–H and O–H groups in total. The van der Waals surface area contributed by atoms with E-state index in [4.69, 9.17) is 5.11 Å². The molecule has 0 aromatic heterocycles. The topological polar surface area (TPSA) is 66.4 Å². The van der Waals surface area contributed by atoms with Gasteiger partial charge >= 0.3 is 5.97 Å². The van der Waals surface area contributed by atoms with Gasteiger partial charge in [0.15, 0.2) is 0 Å². The van der Waals surface area contributed by atoms with Gasteiger partial charge in [-0.2, -0.15) is 0 Å². The smallest absolute Gasteiger partial charge is 0.306 e. The quantitative estimate of drug-likeness (QED) is 0.840. The van der Waals surface area contributed by atoms with Gasteiger partial charge in [0.1, 0.15) is 0 Å². The highest BCUT2D eigenvalue weighted by Gasteiger charge is 2.52. The van der Waals surface area contributed by atoms with Crippen molar-refractivity contribution in [2.75, 3.05) is 0 Å². The number of carboxylic acids is 1. The summed E-state index contributed by atoms with van der Waals surface area (Å²) in [6.07, 6.45) is 9.56. The molecule has 4 nitrogen and oxygen atoms in total. The van der Waals surface area contributed by atoms with Crippen LogP contribution < -0.4 is 5.32 Å². The molecule has 21 heavy (non-hydrogen) atoms. The molecule has 5 aliphatic rings. The first-order valence-corrected chi connectivity index (χ1v) is 8.58. The fourth-order valence-electron chi connectivity index (χ4n) is 6.07. The summed E-state index contributed by atoms with van der Waals surface area (Å²) in [4.78, 5) is 23.6. The molecule has 0 heterocycles. The van der Waals surface area contributed by atoms with Crippen LogP contribution in [-0.4, -0.2) is 22.5 Å². The Morgan fingerprint density at radius 1 is 0.857 bits per heavy atom. The second kappa shape index (κ2) is 4.72. The monoisotopic (exact) mass is 291 g/mol. The molecule has 5 rings (SSSR count). The highest BCUT2D eigenvalue weighted by Crippen LogP contribution is 2.55. The summed E-state index contributed by atoms with van der Waals surface area (Å²) in [6, 6.07) is 0. The average molecular weight is 291 g/mol. The molecule has 0 radical (unpaired) electrons. The molecule has 4 bridgehead atoms. The van der Waals surface area contributed by atoms with E-state index in [1.807, 2.05) is 0 Å². The number of rotatable bonds is 3. The molecule has 5 saturated carbocycles. The van der Waals surface area contributed by atoms with Crippen molar-refractivity contribution in [3.8, 4) is 0 Å². The number of carboxylic acid groups (broad SMARTS) is 1. The Bertz CT molecular complexity index is 437. The van der Waals surface area contributed by atoms with Gasteiger partial charge < -0.3 is 10.4 Å². The van der Waals surface area contributed by atoms with Crippen molar-refractivity contribution in [3.05, 3.63) is 0 Å². The molecule has 0 aromatic rings. The van der Waals surface area contributed by atoms with E-state index in [0.717, 1.165) is 24.2 Å². The molecular weight excluding hydrogens is 266 g/mol. The van der Waals surface area contributed by atoms with Gasteiger partial charge in [-0.15, -0.1) is 0 Å². The molecule has 0 aliphatic heterocycles. The highest BCUT2D eigenvalue weighted by molar-refractivity contribution is 5.81. The molecule has 0 aromatic carbocycles. The molecule has 4 heteroatoms. The molecular formula is C17H25NO3. The Morgan fingerprint density at radius 2 is 1.38 bits per heavy atom. The van der Waals surface area contributed by atoms with Gasteiger partial charge in [0.05, 0.1) is 5.92 Å². The maximum atomic E-state index is 12.6. The maximum Gasteiger partial charge on any atom is 0.306 e. The van der Waals surface area contributed by atoms with Crippen molar-refractivity contribution in [1.29, 1.82) is 0 Å². The lowest BCUT2D eigenvalue weighted by atomic mass is 9.53. The van der Waals surface area contributed by atoms with Gasteiger partial charge in [0.25, 0.3) is 0 Å². The SMILES string of the molecule is O=C(O)C1CCC(C(=O)NC23CC4CC(CC(C4)C2)C3)C1. The van der Waals surface area contributed by atoms with Crippen LogP contribution in [0, 0.1) is 29.6 Å². The number of aliphatic carboxylic acids is 1. The molecule has 5 aliphatic carbocycles. The third-order valence-electron chi connectivity index (χ3n) is 6.58. The molecule has 2 atom stereocenters. The predicted molar refractivity (Wildman–Crippen MR) is 77.5 cm³/mol. The molecule has 0 saturated heterocycles. The third-order valence-corrected chi connectivity index (χ3v) is 6.58. The zero-order valence-electron chi connectivity index (χ0n) is 12.5. The Kier molecular flexibility index (Phi) is 3.05. The van der Waals surface area contributed by atoms with E-state index >= 15 is 0 Å². The van der Waals surface area contributed by atoms with E-state index in [2.05, 4.69) is 5.32 Å². The van der Waals surface area contributed by atoms with Crippen LogP contribution in [0.3, 0.4) is 0 Å². The fraction of sp³-hybridized carbons (Fsp3) is 0.882. The molecule has 1 amide bonds. The van der Waals surface area contributed by atoms with Crippen LogP contribution in [0.25, 0.3) is 0 Å². The summed E-state index contributed by atoms with van der Waals surface area (Å²) in [5, 5.41) is 12.5. The Balaban J connectivity index is 1.42. The van der Waals surface area contributed by atoms with Gasteiger partial charge in [-0.05, 0) is 75.5 Å². The van der Waals surface area contributed by atoms with Gasteiger partial charge in [-0.3, -0.25) is 9.59 Å². The Hall–Kier alpha value is -1.06. The first-order valence-electron chi connectivity index (χ1n) is 8.58. The number of amides is 1. The van der Waals surface area contributed by atoms with Crippen LogP contribution in [-0.2, 0) is 9.59 Å². The predicted octanol–water partition coefficient (Wildman–Crippen LogP) is 2.57. The lowest BCUT2D eigenvalue weighted by Crippen LogP contribution is -2.60. The van der Waals surface area contributed by atoms with Gasteiger partial charge in [0, 0.05) is 11.5 Å². The fourth-order valence-corrected chi connectivity index (χ4v) is 6.07. The third kappa shape index (κ3) is 2.36. The van der Waals surface area contributed by atoms with Gasteiger partial charge in [0.2, 0.25) is 5.91 Å². The second-order valence-electron chi connectivity index (χ2n) is 8.23. The summed E-state index contributed by atoms with van der Waals surface area (Å²) in [5.41, 5.74) is 0.0626. The van der Waals surface area contributed by atoms with E-state index in [-0.39, 0.29) is 23.3 Å². The van der Waals surface area contributed by atoms with Crippen molar-refractivity contribution in [3.63, 3.8) is 0 Å². The van der Waals surface area contributed by atoms with Crippen LogP contribution in [0.4, 0.5) is 0 Å². The summed E-state index contributed by atoms with van der Waals surface area (Å²) in [7, 11) is 0. The molecule has 0 spiro atoms. The van der Waals surface area contributed by atoms with Crippen LogP contribution in [0.2, 0.25) is 0 Å². The van der Waals surface area contributed by atoms with Gasteiger partial charge in [-0.25, -0.2) is 0 Å². The van der Waals surface area contributed by atoms with Crippen LogP contribution in [0.15, 0.2) is 0 Å². The first kappa shape index (κ1) is 13.6. The normalized spacial score (nSPS) is 47.5. The number of hydrogen-bond donors (Lipinski definition) is 2. The largest absolute Gasteiger partial charge is 0.481 e. The average Bonchev–Trinajstić information content (AvgIpc) is 2.85. The van der Waals surface area contributed by atoms with E-state index in [1.54, 1.807) is 0 Å². The second-order valence-corrected chi connectivity index (χ2v) is 8.23. The first-order chi connectivity index (χ1) is 10.0. The van der Waals surface area contributed by atoms with Crippen LogP contribution in [0.1, 0.15) is 57.8 Å². The minimum Gasteiger partial charge on any atom is -0.481 e. The summed E-state index contributed by atoms with van der Waals surface area (Å²) in [5.74, 6) is 1.50. The van der Waals surface area contributed by atoms with Crippen LogP contribution in [0.5, 0.6) is 0 Å². The van der Waals surface area contributed by atoms with E-state index in [0.29, 0.717) is 12.8 Å². The molecule has 2 unspecified atom stereocenters. The summed E-state index contributed by atoms with van der Waals surface area (Å²) in [6.45, 7) is 0. The number of carbonyl (C=O) groups excluding carboxylic acids is 1. The molecule has 116 valence electrons. The highest BCUT2D eigenvalue weighted by atomic mass is 16.4. The molecule has 5 fully saturated rings.